The number of nitrogens with one attached hydrogen (secondary N) is 2. The number of anilines is 1. The van der Waals surface area contributed by atoms with Crippen molar-refractivity contribution in [2.75, 3.05) is 11.9 Å². The molecular weight excluding hydrogens is 351 g/mol. The van der Waals surface area contributed by atoms with Gasteiger partial charge in [-0.15, -0.1) is 0 Å². The van der Waals surface area contributed by atoms with Crippen LogP contribution < -0.4 is 15.4 Å². The van der Waals surface area contributed by atoms with Crippen molar-refractivity contribution >= 4 is 11.7 Å². The third-order valence-electron chi connectivity index (χ3n) is 3.57. The fourth-order valence-electron chi connectivity index (χ4n) is 2.27. The first-order valence-corrected chi connectivity index (χ1v) is 8.04. The molecule has 2 aromatic carbocycles. The number of hydrogen-bond donors (Lipinski definition) is 2. The van der Waals surface area contributed by atoms with Gasteiger partial charge in [0.05, 0.1) is 11.3 Å². The van der Waals surface area contributed by atoms with Gasteiger partial charge < -0.3 is 19.8 Å². The zero-order valence-electron chi connectivity index (χ0n) is 14.1. The number of hydrogen-bond acceptors (Lipinski definition) is 5. The molecule has 0 aliphatic heterocycles. The number of nitrogens with zero attached hydrogens (tertiary/aromatic N) is 2. The Morgan fingerprint density at radius 3 is 2.85 bits per heavy atom. The fourth-order valence-corrected chi connectivity index (χ4v) is 2.27. The number of halogens is 1. The molecule has 0 saturated carbocycles. The van der Waals surface area contributed by atoms with Crippen molar-refractivity contribution < 1.29 is 18.3 Å². The summed E-state index contributed by atoms with van der Waals surface area (Å²) >= 11 is 0. The molecule has 0 aliphatic rings. The topological polar surface area (TPSA) is 100 Å². The molecule has 136 valence electrons. The predicted molar refractivity (Wildman–Crippen MR) is 94.9 cm³/mol. The average Bonchev–Trinajstić information content (AvgIpc) is 3.18. The molecule has 27 heavy (non-hydrogen) atoms. The Kier molecular flexibility index (Phi) is 5.64. The van der Waals surface area contributed by atoms with Crippen molar-refractivity contribution in [1.29, 1.82) is 5.26 Å². The van der Waals surface area contributed by atoms with Crippen LogP contribution in [0.4, 0.5) is 14.9 Å². The van der Waals surface area contributed by atoms with E-state index in [1.54, 1.807) is 24.3 Å². The highest BCUT2D eigenvalue weighted by atomic mass is 19.1. The van der Waals surface area contributed by atoms with E-state index in [-0.39, 0.29) is 17.2 Å². The molecule has 0 bridgehead atoms. The minimum Gasteiger partial charge on any atom is -0.453 e. The first kappa shape index (κ1) is 17.9. The second-order valence-corrected chi connectivity index (χ2v) is 5.47. The van der Waals surface area contributed by atoms with Crippen LogP contribution in [0, 0.1) is 17.1 Å². The van der Waals surface area contributed by atoms with Crippen LogP contribution in [0.2, 0.25) is 0 Å². The smallest absolute Gasteiger partial charge is 0.319 e. The lowest BCUT2D eigenvalue weighted by Gasteiger charge is -2.11. The molecule has 8 heteroatoms. The van der Waals surface area contributed by atoms with Gasteiger partial charge in [-0.2, -0.15) is 5.26 Å². The number of benzene rings is 2. The number of urea groups is 1. The van der Waals surface area contributed by atoms with Gasteiger partial charge in [0, 0.05) is 24.7 Å². The number of ether oxygens (including phenoxy) is 1. The molecule has 0 fully saturated rings. The lowest BCUT2D eigenvalue weighted by atomic mass is 10.2. The van der Waals surface area contributed by atoms with Gasteiger partial charge in [-0.25, -0.2) is 14.2 Å². The summed E-state index contributed by atoms with van der Waals surface area (Å²) in [4.78, 5) is 15.8. The first-order chi connectivity index (χ1) is 13.2. The lowest BCUT2D eigenvalue weighted by molar-refractivity contribution is 0.252. The lowest BCUT2D eigenvalue weighted by Crippen LogP contribution is -2.30. The Labute approximate surface area is 154 Å². The number of oxazole rings is 1. The van der Waals surface area contributed by atoms with E-state index < -0.39 is 11.8 Å². The van der Waals surface area contributed by atoms with Gasteiger partial charge >= 0.3 is 6.03 Å². The standard InChI is InChI=1S/C19H15FN4O3/c20-16-9-14(24-19(25)22-8-7-15-11-26-12-23-15)5-6-18(16)27-17-4-2-1-3-13(17)10-21/h1-6,9,11-12H,7-8H2,(H2,22,24,25). The molecule has 0 spiro atoms. The number of amides is 2. The summed E-state index contributed by atoms with van der Waals surface area (Å²) < 4.78 is 24.6. The molecule has 2 amide bonds. The summed E-state index contributed by atoms with van der Waals surface area (Å²) in [5.41, 5.74) is 1.29. The van der Waals surface area contributed by atoms with Gasteiger partial charge in [-0.05, 0) is 24.3 Å². The van der Waals surface area contributed by atoms with E-state index in [1.807, 2.05) is 6.07 Å². The third kappa shape index (κ3) is 4.83. The normalized spacial score (nSPS) is 10.1. The Morgan fingerprint density at radius 2 is 2.11 bits per heavy atom. The van der Waals surface area contributed by atoms with E-state index in [0.29, 0.717) is 18.5 Å². The third-order valence-corrected chi connectivity index (χ3v) is 3.57. The highest BCUT2D eigenvalue weighted by molar-refractivity contribution is 5.89. The van der Waals surface area contributed by atoms with Crippen molar-refractivity contribution in [3.05, 3.63) is 72.2 Å². The van der Waals surface area contributed by atoms with Crippen LogP contribution in [-0.2, 0) is 6.42 Å². The van der Waals surface area contributed by atoms with Crippen LogP contribution in [0.15, 0.2) is 59.5 Å². The summed E-state index contributed by atoms with van der Waals surface area (Å²) in [6.07, 6.45) is 3.33. The second-order valence-electron chi connectivity index (χ2n) is 5.47. The molecule has 0 radical (unpaired) electrons. The second kappa shape index (κ2) is 8.49. The number of carbonyl (C=O) groups is 1. The predicted octanol–water partition coefficient (Wildman–Crippen LogP) is 3.84. The molecule has 3 aromatic rings. The van der Waals surface area contributed by atoms with Crippen LogP contribution in [0.25, 0.3) is 0 Å². The molecular formula is C19H15FN4O3. The molecule has 0 unspecified atom stereocenters. The summed E-state index contributed by atoms with van der Waals surface area (Å²) in [6, 6.07) is 12.1. The Balaban J connectivity index is 1.57. The minimum atomic E-state index is -0.664. The summed E-state index contributed by atoms with van der Waals surface area (Å²) in [5.74, 6) is -0.456. The number of para-hydroxylation sites is 1. The maximum atomic E-state index is 14.3. The molecule has 2 N–H and O–H groups in total. The molecule has 3 rings (SSSR count). The fraction of sp³-hybridized carbons (Fsp3) is 0.105. The highest BCUT2D eigenvalue weighted by Crippen LogP contribution is 2.28. The molecule has 1 aromatic heterocycles. The van der Waals surface area contributed by atoms with E-state index in [4.69, 9.17) is 14.4 Å². The number of aromatic nitrogens is 1. The highest BCUT2D eigenvalue weighted by Gasteiger charge is 2.10. The van der Waals surface area contributed by atoms with Crippen molar-refractivity contribution in [3.63, 3.8) is 0 Å². The zero-order chi connectivity index (χ0) is 19.1. The van der Waals surface area contributed by atoms with Crippen LogP contribution in [0.5, 0.6) is 11.5 Å². The first-order valence-electron chi connectivity index (χ1n) is 8.04. The average molecular weight is 366 g/mol. The van der Waals surface area contributed by atoms with Gasteiger partial charge in [0.15, 0.2) is 18.0 Å². The van der Waals surface area contributed by atoms with Crippen molar-refractivity contribution in [1.82, 2.24) is 10.3 Å². The molecule has 0 saturated heterocycles. The van der Waals surface area contributed by atoms with Gasteiger partial charge in [0.25, 0.3) is 0 Å². The van der Waals surface area contributed by atoms with E-state index in [2.05, 4.69) is 15.6 Å². The monoisotopic (exact) mass is 366 g/mol. The minimum absolute atomic E-state index is 0.0466. The van der Waals surface area contributed by atoms with E-state index in [9.17, 15) is 9.18 Å². The largest absolute Gasteiger partial charge is 0.453 e. The van der Waals surface area contributed by atoms with Gasteiger partial charge in [0.1, 0.15) is 18.1 Å². The van der Waals surface area contributed by atoms with Crippen molar-refractivity contribution in [2.24, 2.45) is 0 Å². The number of rotatable bonds is 6. The van der Waals surface area contributed by atoms with E-state index >= 15 is 0 Å². The van der Waals surface area contributed by atoms with Gasteiger partial charge in [0.2, 0.25) is 0 Å². The van der Waals surface area contributed by atoms with Crippen LogP contribution >= 0.6 is 0 Å². The van der Waals surface area contributed by atoms with E-state index in [0.717, 1.165) is 11.8 Å². The summed E-state index contributed by atoms with van der Waals surface area (Å²) in [6.45, 7) is 0.354. The number of carbonyl (C=O) groups excluding carboxylic acids is 1. The zero-order valence-corrected chi connectivity index (χ0v) is 14.1. The van der Waals surface area contributed by atoms with E-state index in [1.165, 1.54) is 24.8 Å². The maximum absolute atomic E-state index is 14.3. The SMILES string of the molecule is N#Cc1ccccc1Oc1ccc(NC(=O)NCCc2cocn2)cc1F. The van der Waals surface area contributed by atoms with Crippen molar-refractivity contribution in [3.8, 4) is 17.6 Å². The quantitative estimate of drug-likeness (QED) is 0.690. The van der Waals surface area contributed by atoms with Gasteiger partial charge in [-0.1, -0.05) is 12.1 Å². The summed E-state index contributed by atoms with van der Waals surface area (Å²) in [7, 11) is 0. The Bertz CT molecular complexity index is 967. The molecule has 1 heterocycles. The molecule has 7 nitrogen and oxygen atoms in total. The molecule has 0 atom stereocenters. The maximum Gasteiger partial charge on any atom is 0.319 e. The van der Waals surface area contributed by atoms with Crippen LogP contribution in [0.1, 0.15) is 11.3 Å². The van der Waals surface area contributed by atoms with Gasteiger partial charge in [-0.3, -0.25) is 0 Å². The van der Waals surface area contributed by atoms with Crippen LogP contribution in [-0.4, -0.2) is 17.6 Å². The van der Waals surface area contributed by atoms with Crippen LogP contribution in [0.3, 0.4) is 0 Å². The molecule has 0 aliphatic carbocycles. The van der Waals surface area contributed by atoms with Crippen molar-refractivity contribution in [2.45, 2.75) is 6.42 Å². The Morgan fingerprint density at radius 1 is 1.26 bits per heavy atom. The Hall–Kier alpha value is -3.86. The number of nitriles is 1. The summed E-state index contributed by atoms with van der Waals surface area (Å²) in [5, 5.41) is 14.2.